The average molecular weight is 620 g/mol. The molecule has 0 bridgehead atoms. The van der Waals surface area contributed by atoms with Crippen LogP contribution >= 0.6 is 0 Å². The van der Waals surface area contributed by atoms with Crippen LogP contribution < -0.4 is 4.57 Å². The highest BCUT2D eigenvalue weighted by Crippen LogP contribution is 2.38. The molecule has 1 aromatic heterocycles. The zero-order chi connectivity index (χ0) is 31.6. The van der Waals surface area contributed by atoms with E-state index < -0.39 is 0 Å². The topological polar surface area (TPSA) is 8.81 Å². The summed E-state index contributed by atoms with van der Waals surface area (Å²) in [4.78, 5) is 0. The Hall–Kier alpha value is -1.57. The first-order valence-corrected chi connectivity index (χ1v) is 20.4. The minimum absolute atomic E-state index is 0.567. The lowest BCUT2D eigenvalue weighted by atomic mass is 9.83. The van der Waals surface area contributed by atoms with Gasteiger partial charge in [-0.2, -0.15) is 0 Å². The van der Waals surface area contributed by atoms with Crippen molar-refractivity contribution in [2.45, 2.75) is 205 Å². The number of nitrogens with zero attached hydrogens (tertiary/aromatic N) is 2. The molecule has 1 heterocycles. The van der Waals surface area contributed by atoms with E-state index in [-0.39, 0.29) is 0 Å². The molecule has 2 heteroatoms. The van der Waals surface area contributed by atoms with Crippen molar-refractivity contribution in [1.82, 2.24) is 4.57 Å². The first kappa shape index (κ1) is 37.9. The van der Waals surface area contributed by atoms with Crippen molar-refractivity contribution < 1.29 is 4.57 Å². The maximum Gasteiger partial charge on any atom is 0.243 e. The molecule has 0 radical (unpaired) electrons. The van der Waals surface area contributed by atoms with Crippen molar-refractivity contribution in [2.75, 3.05) is 0 Å². The molecule has 1 aromatic carbocycles. The van der Waals surface area contributed by atoms with Crippen molar-refractivity contribution >= 4 is 0 Å². The van der Waals surface area contributed by atoms with Crippen LogP contribution in [0.4, 0.5) is 0 Å². The van der Waals surface area contributed by atoms with E-state index in [0.717, 1.165) is 5.92 Å². The number of aromatic nitrogens is 2. The molecule has 3 atom stereocenters. The van der Waals surface area contributed by atoms with Gasteiger partial charge in [0.15, 0.2) is 0 Å². The summed E-state index contributed by atoms with van der Waals surface area (Å²) in [7, 11) is 2.17. The minimum Gasteiger partial charge on any atom is -0.240 e. The Morgan fingerprint density at radius 2 is 1.07 bits per heavy atom. The van der Waals surface area contributed by atoms with Crippen molar-refractivity contribution in [2.24, 2.45) is 13.0 Å². The summed E-state index contributed by atoms with van der Waals surface area (Å²) in [6.07, 6.45) is 48.7. The number of hydrogen-bond acceptors (Lipinski definition) is 0. The van der Waals surface area contributed by atoms with Crippen LogP contribution in [0.5, 0.6) is 0 Å². The summed E-state index contributed by atoms with van der Waals surface area (Å²) >= 11 is 0. The summed E-state index contributed by atoms with van der Waals surface area (Å²) in [6.45, 7) is 2.31. The molecule has 256 valence electrons. The monoisotopic (exact) mass is 620 g/mol. The third-order valence-electron chi connectivity index (χ3n) is 11.1. The molecule has 45 heavy (non-hydrogen) atoms. The fraction of sp³-hybridized carbons (Fsp3) is 0.791. The van der Waals surface area contributed by atoms with Crippen LogP contribution in [0.15, 0.2) is 49.1 Å². The molecule has 0 spiro atoms. The van der Waals surface area contributed by atoms with Crippen LogP contribution in [0.25, 0.3) is 0 Å². The maximum absolute atomic E-state index is 2.55. The van der Waals surface area contributed by atoms with Gasteiger partial charge >= 0.3 is 0 Å². The first-order chi connectivity index (χ1) is 22.3. The summed E-state index contributed by atoms with van der Waals surface area (Å²) < 4.78 is 4.77. The predicted octanol–water partition coefficient (Wildman–Crippen LogP) is 13.6. The SMILES string of the molecule is CCCCCCCCCCCCCCCCCCC1CCCCCCCCC(c2ccccc2)C(n2cc[n+](C)c2)CCCC1. The molecule has 0 saturated heterocycles. The average Bonchev–Trinajstić information content (AvgIpc) is 3.49. The van der Waals surface area contributed by atoms with E-state index in [1.165, 1.54) is 186 Å². The molecule has 1 aliphatic carbocycles. The number of aryl methyl sites for hydroxylation is 1. The molecule has 3 rings (SSSR count). The van der Waals surface area contributed by atoms with E-state index >= 15 is 0 Å². The van der Waals surface area contributed by atoms with Crippen LogP contribution in [-0.2, 0) is 7.05 Å². The van der Waals surface area contributed by atoms with Gasteiger partial charge in [-0.15, -0.1) is 0 Å². The number of rotatable bonds is 19. The smallest absolute Gasteiger partial charge is 0.240 e. The van der Waals surface area contributed by atoms with Gasteiger partial charge in [-0.25, -0.2) is 9.13 Å². The lowest BCUT2D eigenvalue weighted by molar-refractivity contribution is -0.671. The molecule has 0 aliphatic heterocycles. The van der Waals surface area contributed by atoms with Crippen LogP contribution in [-0.4, -0.2) is 4.57 Å². The lowest BCUT2D eigenvalue weighted by Crippen LogP contribution is -2.25. The molecule has 0 N–H and O–H groups in total. The standard InChI is InChI=1S/C43H75N2/c1-3-4-5-6-7-8-9-10-11-12-13-14-15-16-19-23-30-40-31-24-20-17-18-21-27-35-42(41-33-25-22-26-34-41)43(36-29-28-32-40)45-38-37-44(2)39-45/h22,25-26,33-34,37-40,42-43H,3-21,23-24,27-32,35-36H2,1-2H3/q+1. The maximum atomic E-state index is 2.55. The molecule has 1 saturated carbocycles. The second kappa shape index (κ2) is 25.5. The Bertz CT molecular complexity index is 917. The van der Waals surface area contributed by atoms with Gasteiger partial charge in [-0.1, -0.05) is 204 Å². The number of benzene rings is 1. The highest BCUT2D eigenvalue weighted by Gasteiger charge is 2.28. The van der Waals surface area contributed by atoms with Gasteiger partial charge in [0, 0.05) is 5.92 Å². The van der Waals surface area contributed by atoms with Crippen LogP contribution in [0.1, 0.15) is 211 Å². The number of unbranched alkanes of at least 4 members (excludes halogenated alkanes) is 15. The summed E-state index contributed by atoms with van der Waals surface area (Å²) in [5.41, 5.74) is 1.55. The number of hydrogen-bond donors (Lipinski definition) is 0. The van der Waals surface area contributed by atoms with E-state index in [0.29, 0.717) is 12.0 Å². The molecule has 0 amide bonds. The normalized spacial score (nSPS) is 20.9. The van der Waals surface area contributed by atoms with Gasteiger partial charge < -0.3 is 0 Å². The zero-order valence-electron chi connectivity index (χ0n) is 30.3. The Labute approximate surface area is 281 Å². The van der Waals surface area contributed by atoms with Gasteiger partial charge in [0.1, 0.15) is 18.4 Å². The molecular formula is C43H75N2+. The van der Waals surface area contributed by atoms with Crippen molar-refractivity contribution in [3.05, 3.63) is 54.6 Å². The lowest BCUT2D eigenvalue weighted by Gasteiger charge is -2.26. The quantitative estimate of drug-likeness (QED) is 0.109. The summed E-state index contributed by atoms with van der Waals surface area (Å²) in [6, 6.07) is 12.0. The minimum atomic E-state index is 0.567. The van der Waals surface area contributed by atoms with Gasteiger partial charge in [0.2, 0.25) is 6.33 Å². The molecule has 2 nitrogen and oxygen atoms in total. The van der Waals surface area contributed by atoms with Crippen molar-refractivity contribution in [1.29, 1.82) is 0 Å². The first-order valence-electron chi connectivity index (χ1n) is 20.4. The largest absolute Gasteiger partial charge is 0.243 e. The van der Waals surface area contributed by atoms with E-state index in [4.69, 9.17) is 0 Å². The van der Waals surface area contributed by atoms with E-state index in [1.54, 1.807) is 5.56 Å². The van der Waals surface area contributed by atoms with Gasteiger partial charge in [0.25, 0.3) is 0 Å². The second-order valence-corrected chi connectivity index (χ2v) is 15.1. The summed E-state index contributed by atoms with van der Waals surface area (Å²) in [5, 5.41) is 0. The third-order valence-corrected chi connectivity index (χ3v) is 11.1. The van der Waals surface area contributed by atoms with Crippen molar-refractivity contribution in [3.8, 4) is 0 Å². The van der Waals surface area contributed by atoms with E-state index in [9.17, 15) is 0 Å². The molecule has 3 unspecified atom stereocenters. The Morgan fingerprint density at radius 3 is 1.62 bits per heavy atom. The Morgan fingerprint density at radius 1 is 0.578 bits per heavy atom. The van der Waals surface area contributed by atoms with E-state index in [2.05, 4.69) is 72.2 Å². The van der Waals surface area contributed by atoms with Gasteiger partial charge in [-0.05, 0) is 30.7 Å². The van der Waals surface area contributed by atoms with Gasteiger partial charge in [0.05, 0.1) is 7.05 Å². The van der Waals surface area contributed by atoms with Crippen molar-refractivity contribution in [3.63, 3.8) is 0 Å². The molecular weight excluding hydrogens is 544 g/mol. The fourth-order valence-electron chi connectivity index (χ4n) is 8.21. The fourth-order valence-corrected chi connectivity index (χ4v) is 8.21. The third kappa shape index (κ3) is 17.2. The highest BCUT2D eigenvalue weighted by atomic mass is 15.1. The zero-order valence-corrected chi connectivity index (χ0v) is 30.3. The van der Waals surface area contributed by atoms with Gasteiger partial charge in [-0.3, -0.25) is 0 Å². The van der Waals surface area contributed by atoms with Crippen LogP contribution in [0.3, 0.4) is 0 Å². The molecule has 1 fully saturated rings. The molecule has 2 aromatic rings. The summed E-state index contributed by atoms with van der Waals surface area (Å²) in [5.74, 6) is 1.58. The number of imidazole rings is 1. The molecule has 1 aliphatic rings. The highest BCUT2D eigenvalue weighted by molar-refractivity contribution is 5.21. The predicted molar refractivity (Wildman–Crippen MR) is 197 cm³/mol. The van der Waals surface area contributed by atoms with E-state index in [1.807, 2.05) is 0 Å². The second-order valence-electron chi connectivity index (χ2n) is 15.1. The Kier molecular flexibility index (Phi) is 21.5. The van der Waals surface area contributed by atoms with Crippen LogP contribution in [0, 0.1) is 5.92 Å². The Balaban J connectivity index is 1.34. The van der Waals surface area contributed by atoms with Crippen LogP contribution in [0.2, 0.25) is 0 Å².